The predicted molar refractivity (Wildman–Crippen MR) is 44.8 cm³/mol. The fourth-order valence-corrected chi connectivity index (χ4v) is 1.04. The van der Waals surface area contributed by atoms with Crippen molar-refractivity contribution in [3.05, 3.63) is 23.3 Å². The van der Waals surface area contributed by atoms with Gasteiger partial charge in [-0.2, -0.15) is 26.3 Å². The van der Waals surface area contributed by atoms with Crippen molar-refractivity contribution in [3.63, 3.8) is 0 Å². The van der Waals surface area contributed by atoms with Crippen LogP contribution < -0.4 is 5.32 Å². The molecular weight excluding hydrogens is 252 g/mol. The van der Waals surface area contributed by atoms with Gasteiger partial charge in [-0.15, -0.1) is 0 Å². The number of nitrogens with zero attached hydrogens (tertiary/aromatic N) is 2. The first-order chi connectivity index (χ1) is 7.64. The van der Waals surface area contributed by atoms with Crippen LogP contribution in [0.3, 0.4) is 0 Å². The fourth-order valence-electron chi connectivity index (χ4n) is 1.04. The predicted octanol–water partition coefficient (Wildman–Crippen LogP) is 2.23. The van der Waals surface area contributed by atoms with Gasteiger partial charge in [0, 0.05) is 6.54 Å². The van der Waals surface area contributed by atoms with Crippen LogP contribution >= 0.6 is 0 Å². The van der Waals surface area contributed by atoms with Crippen molar-refractivity contribution < 1.29 is 26.3 Å². The number of hydrogen-bond donors (Lipinski definition) is 1. The molecule has 1 N–H and O–H groups in total. The van der Waals surface area contributed by atoms with Crippen LogP contribution in [0.25, 0.3) is 0 Å². The average Bonchev–Trinajstić information content (AvgIpc) is 2.15. The van der Waals surface area contributed by atoms with Crippen molar-refractivity contribution in [1.29, 1.82) is 0 Å². The Balaban J connectivity index is 3.29. The van der Waals surface area contributed by atoms with E-state index in [1.54, 1.807) is 0 Å². The number of nitrogens with one attached hydrogen (secondary N) is 1. The van der Waals surface area contributed by atoms with E-state index in [2.05, 4.69) is 15.3 Å². The monoisotopic (exact) mass is 259 g/mol. The Morgan fingerprint density at radius 3 is 2.06 bits per heavy atom. The number of halogens is 6. The lowest BCUT2D eigenvalue weighted by Crippen LogP contribution is -2.20. The average molecular weight is 259 g/mol. The Bertz CT molecular complexity index is 365. The van der Waals surface area contributed by atoms with Crippen molar-refractivity contribution in [1.82, 2.24) is 15.3 Å². The molecule has 0 aliphatic carbocycles. The Morgan fingerprint density at radius 2 is 1.65 bits per heavy atom. The summed E-state index contributed by atoms with van der Waals surface area (Å²) in [7, 11) is 1.38. The number of aromatic nitrogens is 2. The van der Waals surface area contributed by atoms with Crippen LogP contribution in [-0.2, 0) is 18.9 Å². The van der Waals surface area contributed by atoms with Gasteiger partial charge in [0.15, 0.2) is 0 Å². The fraction of sp³-hybridized carbons (Fsp3) is 0.500. The minimum absolute atomic E-state index is 0.214. The molecule has 17 heavy (non-hydrogen) atoms. The topological polar surface area (TPSA) is 37.8 Å². The molecule has 0 fully saturated rings. The van der Waals surface area contributed by atoms with Gasteiger partial charge in [0.2, 0.25) is 5.82 Å². The highest BCUT2D eigenvalue weighted by Gasteiger charge is 2.40. The standard InChI is InChI=1S/C8H7F6N3/c1-15-3-4-2-5(7(9,10)11)17-6(16-4)8(12,13)14/h2,15H,3H2,1H3. The Labute approximate surface area is 91.9 Å². The summed E-state index contributed by atoms with van der Waals surface area (Å²) in [5.74, 6) is -1.79. The maximum atomic E-state index is 12.3. The molecule has 0 bridgehead atoms. The zero-order chi connectivity index (χ0) is 13.3. The van der Waals surface area contributed by atoms with E-state index in [1.807, 2.05) is 0 Å². The molecule has 96 valence electrons. The first-order valence-corrected chi connectivity index (χ1v) is 4.31. The highest BCUT2D eigenvalue weighted by Crippen LogP contribution is 2.32. The summed E-state index contributed by atoms with van der Waals surface area (Å²) < 4.78 is 73.7. The molecule has 1 heterocycles. The molecule has 0 aromatic carbocycles. The largest absolute Gasteiger partial charge is 0.451 e. The number of hydrogen-bond acceptors (Lipinski definition) is 3. The van der Waals surface area contributed by atoms with E-state index in [0.29, 0.717) is 6.07 Å². The summed E-state index contributed by atoms with van der Waals surface area (Å²) in [6.07, 6.45) is -9.95. The van der Waals surface area contributed by atoms with Gasteiger partial charge in [0.25, 0.3) is 0 Å². The van der Waals surface area contributed by atoms with E-state index in [-0.39, 0.29) is 12.2 Å². The van der Waals surface area contributed by atoms with Crippen molar-refractivity contribution in [3.8, 4) is 0 Å². The summed E-state index contributed by atoms with van der Waals surface area (Å²) in [5.41, 5.74) is -1.98. The lowest BCUT2D eigenvalue weighted by molar-refractivity contribution is -0.152. The quantitative estimate of drug-likeness (QED) is 0.827. The van der Waals surface area contributed by atoms with Crippen LogP contribution in [0.1, 0.15) is 17.2 Å². The molecule has 0 aliphatic rings. The second-order valence-electron chi connectivity index (χ2n) is 3.09. The van der Waals surface area contributed by atoms with Crippen LogP contribution in [0.2, 0.25) is 0 Å². The summed E-state index contributed by atoms with van der Waals surface area (Å²) in [6.45, 7) is -0.214. The molecular formula is C8H7F6N3. The second-order valence-corrected chi connectivity index (χ2v) is 3.09. The molecule has 0 aliphatic heterocycles. The highest BCUT2D eigenvalue weighted by molar-refractivity contribution is 5.15. The maximum Gasteiger partial charge on any atom is 0.451 e. The molecule has 1 rings (SSSR count). The lowest BCUT2D eigenvalue weighted by atomic mass is 10.3. The minimum atomic E-state index is -5.01. The maximum absolute atomic E-state index is 12.3. The SMILES string of the molecule is CNCc1cc(C(F)(F)F)nc(C(F)(F)F)n1. The van der Waals surface area contributed by atoms with E-state index in [1.165, 1.54) is 7.05 Å². The normalized spacial score (nSPS) is 12.9. The molecule has 0 amide bonds. The number of alkyl halides is 6. The zero-order valence-electron chi connectivity index (χ0n) is 8.45. The van der Waals surface area contributed by atoms with Crippen LogP contribution in [0, 0.1) is 0 Å². The first kappa shape index (κ1) is 13.7. The van der Waals surface area contributed by atoms with E-state index >= 15 is 0 Å². The van der Waals surface area contributed by atoms with E-state index in [0.717, 1.165) is 0 Å². The van der Waals surface area contributed by atoms with Crippen molar-refractivity contribution in [2.75, 3.05) is 7.05 Å². The Kier molecular flexibility index (Phi) is 3.60. The molecule has 1 aromatic heterocycles. The third-order valence-electron chi connectivity index (χ3n) is 1.68. The first-order valence-electron chi connectivity index (χ1n) is 4.31. The van der Waals surface area contributed by atoms with Crippen LogP contribution in [-0.4, -0.2) is 17.0 Å². The molecule has 0 atom stereocenters. The summed E-state index contributed by atoms with van der Waals surface area (Å²) >= 11 is 0. The van der Waals surface area contributed by atoms with E-state index in [9.17, 15) is 26.3 Å². The van der Waals surface area contributed by atoms with Gasteiger partial charge in [0.05, 0.1) is 5.69 Å². The molecule has 9 heteroatoms. The molecule has 0 saturated heterocycles. The van der Waals surface area contributed by atoms with E-state index in [4.69, 9.17) is 0 Å². The third kappa shape index (κ3) is 3.55. The molecule has 0 unspecified atom stereocenters. The summed E-state index contributed by atoms with van der Waals surface area (Å²) in [5, 5.41) is 2.42. The van der Waals surface area contributed by atoms with Crippen LogP contribution in [0.4, 0.5) is 26.3 Å². The lowest BCUT2D eigenvalue weighted by Gasteiger charge is -2.11. The number of rotatable bonds is 2. The van der Waals surface area contributed by atoms with Gasteiger partial charge in [0.1, 0.15) is 5.69 Å². The van der Waals surface area contributed by atoms with Gasteiger partial charge in [-0.05, 0) is 13.1 Å². The molecule has 3 nitrogen and oxygen atoms in total. The Hall–Kier alpha value is -1.38. The zero-order valence-corrected chi connectivity index (χ0v) is 8.45. The summed E-state index contributed by atoms with van der Waals surface area (Å²) in [4.78, 5) is 5.48. The Morgan fingerprint density at radius 1 is 1.06 bits per heavy atom. The molecule has 0 radical (unpaired) electrons. The van der Waals surface area contributed by atoms with Crippen molar-refractivity contribution in [2.24, 2.45) is 0 Å². The van der Waals surface area contributed by atoms with Crippen LogP contribution in [0.15, 0.2) is 6.07 Å². The third-order valence-corrected chi connectivity index (χ3v) is 1.68. The summed E-state index contributed by atoms with van der Waals surface area (Å²) in [6, 6.07) is 0.478. The molecule has 0 spiro atoms. The van der Waals surface area contributed by atoms with E-state index < -0.39 is 23.9 Å². The van der Waals surface area contributed by atoms with Gasteiger partial charge in [-0.25, -0.2) is 9.97 Å². The highest BCUT2D eigenvalue weighted by atomic mass is 19.4. The van der Waals surface area contributed by atoms with Crippen molar-refractivity contribution in [2.45, 2.75) is 18.9 Å². The second kappa shape index (κ2) is 4.47. The smallest absolute Gasteiger partial charge is 0.314 e. The molecule has 1 aromatic rings. The van der Waals surface area contributed by atoms with Gasteiger partial charge >= 0.3 is 12.4 Å². The van der Waals surface area contributed by atoms with Gasteiger partial charge in [-0.1, -0.05) is 0 Å². The van der Waals surface area contributed by atoms with Crippen LogP contribution in [0.5, 0.6) is 0 Å². The minimum Gasteiger partial charge on any atom is -0.314 e. The molecule has 0 saturated carbocycles. The van der Waals surface area contributed by atoms with Gasteiger partial charge in [-0.3, -0.25) is 0 Å². The van der Waals surface area contributed by atoms with Gasteiger partial charge < -0.3 is 5.32 Å². The van der Waals surface area contributed by atoms with Crippen molar-refractivity contribution >= 4 is 0 Å².